The summed E-state index contributed by atoms with van der Waals surface area (Å²) >= 11 is 0. The van der Waals surface area contributed by atoms with Gasteiger partial charge in [-0.3, -0.25) is 29.0 Å². The largest absolute Gasteiger partial charge is 0.459 e. The van der Waals surface area contributed by atoms with Crippen molar-refractivity contribution in [1.82, 2.24) is 30.4 Å². The van der Waals surface area contributed by atoms with Gasteiger partial charge < -0.3 is 20.4 Å². The highest BCUT2D eigenvalue weighted by Crippen LogP contribution is 2.28. The first kappa shape index (κ1) is 27.5. The van der Waals surface area contributed by atoms with Crippen LogP contribution in [0, 0.1) is 0 Å². The number of ether oxygens (including phenoxy) is 1. The Kier molecular flexibility index (Phi) is 8.35. The molecule has 3 amide bonds. The Morgan fingerprint density at radius 1 is 1.25 bits per heavy atom. The van der Waals surface area contributed by atoms with E-state index in [1.807, 2.05) is 34.6 Å². The monoisotopic (exact) mass is 502 g/mol. The third-order valence-corrected chi connectivity index (χ3v) is 6.11. The normalized spacial score (nSPS) is 21.6. The van der Waals surface area contributed by atoms with Crippen LogP contribution in [0.4, 0.5) is 0 Å². The topological polar surface area (TPSA) is 137 Å². The minimum Gasteiger partial charge on any atom is -0.459 e. The number of nitrogens with zero attached hydrogens (tertiary/aromatic N) is 3. The molecule has 2 aliphatic heterocycles. The summed E-state index contributed by atoms with van der Waals surface area (Å²) in [7, 11) is 0. The van der Waals surface area contributed by atoms with E-state index < -0.39 is 29.4 Å². The van der Waals surface area contributed by atoms with E-state index in [-0.39, 0.29) is 30.2 Å². The molecule has 3 N–H and O–H groups in total. The molecule has 1 aromatic heterocycles. The minimum atomic E-state index is -0.565. The summed E-state index contributed by atoms with van der Waals surface area (Å²) in [5.74, 6) is -0.982. The molecule has 0 bridgehead atoms. The molecular weight excluding hydrogens is 464 g/mol. The molecule has 2 aliphatic rings. The molecule has 11 nitrogen and oxygen atoms in total. The van der Waals surface area contributed by atoms with E-state index in [1.54, 1.807) is 0 Å². The van der Waals surface area contributed by atoms with Gasteiger partial charge in [-0.25, -0.2) is 4.98 Å². The van der Waals surface area contributed by atoms with Crippen LogP contribution < -0.4 is 10.6 Å². The zero-order valence-electron chi connectivity index (χ0n) is 22.2. The summed E-state index contributed by atoms with van der Waals surface area (Å²) in [5.41, 5.74) is 0.801. The highest BCUT2D eigenvalue weighted by atomic mass is 16.6. The first-order valence-corrected chi connectivity index (χ1v) is 12.4. The van der Waals surface area contributed by atoms with Gasteiger partial charge in [0.2, 0.25) is 11.8 Å². The molecule has 0 radical (unpaired) electrons. The van der Waals surface area contributed by atoms with Crippen molar-refractivity contribution in [2.75, 3.05) is 26.2 Å². The highest BCUT2D eigenvalue weighted by molar-refractivity contribution is 6.12. The lowest BCUT2D eigenvalue weighted by atomic mass is 10.1. The molecule has 0 aliphatic carbocycles. The van der Waals surface area contributed by atoms with Gasteiger partial charge in [0.15, 0.2) is 0 Å². The maximum Gasteiger partial charge on any atom is 0.324 e. The average Bonchev–Trinajstić information content (AvgIpc) is 3.19. The third kappa shape index (κ3) is 6.38. The Labute approximate surface area is 212 Å². The van der Waals surface area contributed by atoms with Crippen LogP contribution in [-0.2, 0) is 23.9 Å². The molecule has 0 saturated carbocycles. The number of carbonyl (C=O) groups is 4. The van der Waals surface area contributed by atoms with E-state index in [2.05, 4.69) is 27.4 Å². The number of hydrogen-bond acceptors (Lipinski definition) is 8. The maximum absolute atomic E-state index is 12.8. The fourth-order valence-corrected chi connectivity index (χ4v) is 4.43. The Balaban J connectivity index is 1.89. The van der Waals surface area contributed by atoms with Crippen molar-refractivity contribution < 1.29 is 23.9 Å². The number of esters is 1. The first-order valence-electron chi connectivity index (χ1n) is 12.4. The second-order valence-electron chi connectivity index (χ2n) is 10.6. The standard InChI is InChI=1S/C25H38N6O5/c1-8-19(30-10-9-26-18(12-30)24(35)36-25(5,6)7)22-28-16(21(29-22)14(2)3)11-17-23(34)31(15(4)32)13-20(33)27-17/h11,14,18-19,26H,8-10,12-13H2,1-7H3,(H,27,33)(H,28,29)/b17-11-. The molecule has 2 fully saturated rings. The summed E-state index contributed by atoms with van der Waals surface area (Å²) < 4.78 is 5.57. The SMILES string of the molecule is CCC(c1nc(/C=C2\NC(=O)CN(C(C)=O)C2=O)c(C(C)C)[nH]1)N1CCNC(C(=O)OC(C)(C)C)C1. The smallest absolute Gasteiger partial charge is 0.324 e. The van der Waals surface area contributed by atoms with Crippen LogP contribution >= 0.6 is 0 Å². The van der Waals surface area contributed by atoms with Crippen molar-refractivity contribution in [1.29, 1.82) is 0 Å². The first-order chi connectivity index (χ1) is 16.8. The number of aromatic nitrogens is 2. The number of imidazole rings is 1. The number of amides is 3. The molecule has 3 rings (SSSR count). The van der Waals surface area contributed by atoms with Gasteiger partial charge in [0.05, 0.1) is 11.7 Å². The van der Waals surface area contributed by atoms with E-state index in [1.165, 1.54) is 13.0 Å². The van der Waals surface area contributed by atoms with Crippen LogP contribution in [0.15, 0.2) is 5.70 Å². The van der Waals surface area contributed by atoms with Crippen LogP contribution in [0.2, 0.25) is 0 Å². The van der Waals surface area contributed by atoms with Crippen molar-refractivity contribution in [3.05, 3.63) is 22.9 Å². The van der Waals surface area contributed by atoms with Crippen molar-refractivity contribution >= 4 is 29.8 Å². The van der Waals surface area contributed by atoms with Gasteiger partial charge in [-0.15, -0.1) is 0 Å². The Hall–Kier alpha value is -3.05. The van der Waals surface area contributed by atoms with Gasteiger partial charge in [0.1, 0.15) is 29.7 Å². The van der Waals surface area contributed by atoms with Gasteiger partial charge >= 0.3 is 5.97 Å². The maximum atomic E-state index is 12.8. The zero-order chi connectivity index (χ0) is 26.8. The molecule has 0 aromatic carbocycles. The molecule has 11 heteroatoms. The summed E-state index contributed by atoms with van der Waals surface area (Å²) in [6.45, 7) is 14.4. The molecule has 2 unspecified atom stereocenters. The Morgan fingerprint density at radius 3 is 2.53 bits per heavy atom. The van der Waals surface area contributed by atoms with Gasteiger partial charge in [0.25, 0.3) is 5.91 Å². The van der Waals surface area contributed by atoms with Crippen LogP contribution in [0.1, 0.15) is 84.1 Å². The summed E-state index contributed by atoms with van der Waals surface area (Å²) in [5, 5.41) is 5.82. The lowest BCUT2D eigenvalue weighted by molar-refractivity contribution is -0.159. The van der Waals surface area contributed by atoms with Gasteiger partial charge in [-0.1, -0.05) is 20.8 Å². The van der Waals surface area contributed by atoms with Crippen molar-refractivity contribution in [2.24, 2.45) is 0 Å². The second kappa shape index (κ2) is 10.9. The van der Waals surface area contributed by atoms with Crippen molar-refractivity contribution in [3.63, 3.8) is 0 Å². The number of nitrogens with one attached hydrogen (secondary N) is 3. The number of H-pyrrole nitrogens is 1. The zero-order valence-corrected chi connectivity index (χ0v) is 22.2. The lowest BCUT2D eigenvalue weighted by Crippen LogP contribution is -2.56. The molecule has 198 valence electrons. The van der Waals surface area contributed by atoms with Crippen molar-refractivity contribution in [3.8, 4) is 0 Å². The fourth-order valence-electron chi connectivity index (χ4n) is 4.43. The molecule has 2 atom stereocenters. The van der Waals surface area contributed by atoms with E-state index in [4.69, 9.17) is 9.72 Å². The predicted molar refractivity (Wildman–Crippen MR) is 133 cm³/mol. The number of aromatic amines is 1. The average molecular weight is 503 g/mol. The number of hydrogen-bond donors (Lipinski definition) is 3. The van der Waals surface area contributed by atoms with Crippen LogP contribution in [0.5, 0.6) is 0 Å². The quantitative estimate of drug-likeness (QED) is 0.393. The van der Waals surface area contributed by atoms with Gasteiger partial charge in [-0.05, 0) is 39.2 Å². The third-order valence-electron chi connectivity index (χ3n) is 6.11. The summed E-state index contributed by atoms with van der Waals surface area (Å²) in [6.07, 6.45) is 2.27. The van der Waals surface area contributed by atoms with E-state index in [0.29, 0.717) is 18.8 Å². The molecule has 0 spiro atoms. The van der Waals surface area contributed by atoms with Crippen LogP contribution in [0.3, 0.4) is 0 Å². The number of rotatable bonds is 6. The molecule has 2 saturated heterocycles. The van der Waals surface area contributed by atoms with Gasteiger partial charge in [-0.2, -0.15) is 0 Å². The van der Waals surface area contributed by atoms with E-state index >= 15 is 0 Å². The number of imide groups is 1. The Morgan fingerprint density at radius 2 is 1.94 bits per heavy atom. The summed E-state index contributed by atoms with van der Waals surface area (Å²) in [4.78, 5) is 60.7. The highest BCUT2D eigenvalue weighted by Gasteiger charge is 2.35. The van der Waals surface area contributed by atoms with E-state index in [0.717, 1.165) is 29.4 Å². The fraction of sp³-hybridized carbons (Fsp3) is 0.640. The van der Waals surface area contributed by atoms with Crippen molar-refractivity contribution in [2.45, 2.75) is 78.5 Å². The number of carbonyl (C=O) groups excluding carboxylic acids is 4. The van der Waals surface area contributed by atoms with Crippen LogP contribution in [-0.4, -0.2) is 81.3 Å². The predicted octanol–water partition coefficient (Wildman–Crippen LogP) is 1.45. The van der Waals surface area contributed by atoms with E-state index in [9.17, 15) is 19.2 Å². The number of piperazine rings is 2. The molecule has 3 heterocycles. The minimum absolute atomic E-state index is 0.0154. The Bertz CT molecular complexity index is 1050. The van der Waals surface area contributed by atoms with Crippen LogP contribution in [0.25, 0.3) is 6.08 Å². The molecule has 1 aromatic rings. The second-order valence-corrected chi connectivity index (χ2v) is 10.6. The molecular formula is C25H38N6O5. The lowest BCUT2D eigenvalue weighted by Gasteiger charge is -2.37. The van der Waals surface area contributed by atoms with Gasteiger partial charge in [0, 0.05) is 32.3 Å². The summed E-state index contributed by atoms with van der Waals surface area (Å²) in [6, 6.07) is -0.534. The molecule has 36 heavy (non-hydrogen) atoms.